The molecule has 0 N–H and O–H groups in total. The molecule has 0 amide bonds. The Morgan fingerprint density at radius 1 is 0.875 bits per heavy atom. The summed E-state index contributed by atoms with van der Waals surface area (Å²) in [6.45, 7) is 13.2. The van der Waals surface area contributed by atoms with Crippen molar-refractivity contribution < 1.29 is 9.59 Å². The quantitative estimate of drug-likeness (QED) is 0.464. The van der Waals surface area contributed by atoms with Crippen LogP contribution in [0.15, 0.2) is 4.99 Å². The maximum Gasteiger partial charge on any atom is 0.141 e. The molecular weight excluding hydrogens is 298 g/mol. The van der Waals surface area contributed by atoms with Crippen LogP contribution in [0, 0.1) is 17.8 Å². The Bertz CT molecular complexity index is 295. The molecule has 2 aliphatic carbocycles. The summed E-state index contributed by atoms with van der Waals surface area (Å²) in [5, 5.41) is 0. The molecule has 0 heterocycles. The van der Waals surface area contributed by atoms with Gasteiger partial charge in [0, 0.05) is 5.71 Å². The molecule has 0 radical (unpaired) electrons. The van der Waals surface area contributed by atoms with E-state index in [1.165, 1.54) is 57.8 Å². The predicted molar refractivity (Wildman–Crippen MR) is 106 cm³/mol. The summed E-state index contributed by atoms with van der Waals surface area (Å²) < 4.78 is 0. The van der Waals surface area contributed by atoms with Gasteiger partial charge in [0.15, 0.2) is 0 Å². The third-order valence-corrected chi connectivity index (χ3v) is 4.92. The Morgan fingerprint density at radius 2 is 1.29 bits per heavy atom. The van der Waals surface area contributed by atoms with Gasteiger partial charge in [0.1, 0.15) is 13.1 Å². The van der Waals surface area contributed by atoms with Crippen LogP contribution in [-0.4, -0.2) is 25.3 Å². The van der Waals surface area contributed by atoms with Crippen molar-refractivity contribution in [2.75, 3.05) is 6.54 Å². The Morgan fingerprint density at radius 3 is 1.50 bits per heavy atom. The van der Waals surface area contributed by atoms with Crippen LogP contribution in [0.2, 0.25) is 0 Å². The minimum absolute atomic E-state index is 0.308. The molecule has 0 bridgehead atoms. The molecule has 24 heavy (non-hydrogen) atoms. The second-order valence-electron chi connectivity index (χ2n) is 7.44. The van der Waals surface area contributed by atoms with Gasteiger partial charge < -0.3 is 9.59 Å². The summed E-state index contributed by atoms with van der Waals surface area (Å²) in [4.78, 5) is 21.4. The summed E-state index contributed by atoms with van der Waals surface area (Å²) in [6, 6.07) is 0. The lowest BCUT2D eigenvalue weighted by Crippen LogP contribution is -2.12. The maximum atomic E-state index is 9.60. The number of carbonyl (C=O) groups excluding carboxylic acids is 2. The number of aliphatic imine (C=N–C) groups is 1. The van der Waals surface area contributed by atoms with Crippen LogP contribution in [0.5, 0.6) is 0 Å². The van der Waals surface area contributed by atoms with E-state index < -0.39 is 0 Å². The monoisotopic (exact) mass is 339 g/mol. The van der Waals surface area contributed by atoms with Crippen molar-refractivity contribution in [1.29, 1.82) is 0 Å². The second-order valence-corrected chi connectivity index (χ2v) is 7.44. The first-order chi connectivity index (χ1) is 11.5. The third kappa shape index (κ3) is 17.4. The standard InChI is InChI=1S/C8H16.C7H14.C5H9NO.CH2O/c1-7-5-3-4-6-8(7)2;1-7-5-3-2-4-6-7;1-5(2)6-3-4-7;1-2/h7-8H,3-6H2,1-2H3;7H,2-6H2,1H3;4H,3H2,1-2H3;1H2. The van der Waals surface area contributed by atoms with Crippen molar-refractivity contribution in [1.82, 2.24) is 0 Å². The van der Waals surface area contributed by atoms with Crippen LogP contribution < -0.4 is 0 Å². The number of carbonyl (C=O) groups is 2. The molecule has 2 atom stereocenters. The first-order valence-electron chi connectivity index (χ1n) is 9.67. The van der Waals surface area contributed by atoms with E-state index in [9.17, 15) is 4.79 Å². The van der Waals surface area contributed by atoms with Crippen molar-refractivity contribution in [3.63, 3.8) is 0 Å². The molecule has 0 aromatic carbocycles. The van der Waals surface area contributed by atoms with Crippen LogP contribution in [0.1, 0.15) is 92.4 Å². The molecule has 0 aromatic heterocycles. The van der Waals surface area contributed by atoms with Crippen LogP contribution >= 0.6 is 0 Å². The van der Waals surface area contributed by atoms with Gasteiger partial charge in [0.25, 0.3) is 0 Å². The highest BCUT2D eigenvalue weighted by Crippen LogP contribution is 2.28. The van der Waals surface area contributed by atoms with Crippen molar-refractivity contribution in [2.45, 2.75) is 92.4 Å². The normalized spacial score (nSPS) is 23.0. The summed E-state index contributed by atoms with van der Waals surface area (Å²) in [7, 11) is 0. The molecule has 2 saturated carbocycles. The number of nitrogens with zero attached hydrogens (tertiary/aromatic N) is 1. The van der Waals surface area contributed by atoms with Crippen molar-refractivity contribution in [3.05, 3.63) is 0 Å². The topological polar surface area (TPSA) is 46.5 Å². The highest BCUT2D eigenvalue weighted by molar-refractivity contribution is 5.80. The molecule has 0 saturated heterocycles. The van der Waals surface area contributed by atoms with Crippen LogP contribution in [-0.2, 0) is 9.59 Å². The minimum atomic E-state index is 0.308. The van der Waals surface area contributed by atoms with Gasteiger partial charge in [-0.15, -0.1) is 0 Å². The van der Waals surface area contributed by atoms with E-state index >= 15 is 0 Å². The third-order valence-electron chi connectivity index (χ3n) is 4.92. The molecule has 0 spiro atoms. The number of rotatable bonds is 2. The SMILES string of the molecule is C=O.CC(C)=NCC=O.CC1CCCCC1.CC1CCCCC1C. The van der Waals surface area contributed by atoms with Gasteiger partial charge in [-0.2, -0.15) is 0 Å². The molecule has 3 heteroatoms. The van der Waals surface area contributed by atoms with E-state index in [-0.39, 0.29) is 0 Å². The lowest BCUT2D eigenvalue weighted by molar-refractivity contribution is -0.106. The smallest absolute Gasteiger partial charge is 0.141 e. The molecule has 3 nitrogen and oxygen atoms in total. The fraction of sp³-hybridized carbons (Fsp3) is 0.857. The molecule has 0 aliphatic heterocycles. The molecular formula is C21H41NO2. The molecule has 142 valence electrons. The summed E-state index contributed by atoms with van der Waals surface area (Å²) in [5.41, 5.74) is 0.951. The fourth-order valence-corrected chi connectivity index (χ4v) is 3.03. The van der Waals surface area contributed by atoms with Crippen molar-refractivity contribution >= 4 is 18.8 Å². The zero-order valence-electron chi connectivity index (χ0n) is 16.9. The van der Waals surface area contributed by atoms with E-state index in [0.29, 0.717) is 6.54 Å². The van der Waals surface area contributed by atoms with Gasteiger partial charge in [-0.05, 0) is 31.6 Å². The molecule has 2 unspecified atom stereocenters. The van der Waals surface area contributed by atoms with E-state index in [4.69, 9.17) is 4.79 Å². The summed E-state index contributed by atoms with van der Waals surface area (Å²) >= 11 is 0. The predicted octanol–water partition coefficient (Wildman–Crippen LogP) is 5.90. The molecule has 0 aromatic rings. The highest BCUT2D eigenvalue weighted by Gasteiger charge is 2.15. The molecule has 2 rings (SSSR count). The Balaban J connectivity index is 0. The van der Waals surface area contributed by atoms with E-state index in [0.717, 1.165) is 29.8 Å². The fourth-order valence-electron chi connectivity index (χ4n) is 3.03. The number of aldehydes is 1. The van der Waals surface area contributed by atoms with Crippen molar-refractivity contribution in [2.24, 2.45) is 22.7 Å². The summed E-state index contributed by atoms with van der Waals surface area (Å²) in [6.07, 6.45) is 14.1. The minimum Gasteiger partial charge on any atom is -0.307 e. The highest BCUT2D eigenvalue weighted by atomic mass is 16.1. The largest absolute Gasteiger partial charge is 0.307 e. The Kier molecular flexibility index (Phi) is 19.3. The van der Waals surface area contributed by atoms with Crippen molar-refractivity contribution in [3.8, 4) is 0 Å². The zero-order valence-corrected chi connectivity index (χ0v) is 16.9. The van der Waals surface area contributed by atoms with Gasteiger partial charge in [0.2, 0.25) is 0 Å². The first-order valence-corrected chi connectivity index (χ1v) is 9.67. The van der Waals surface area contributed by atoms with Gasteiger partial charge in [-0.3, -0.25) is 4.99 Å². The van der Waals surface area contributed by atoms with E-state index in [1.54, 1.807) is 0 Å². The van der Waals surface area contributed by atoms with Gasteiger partial charge in [0.05, 0.1) is 6.54 Å². The van der Waals surface area contributed by atoms with E-state index in [1.807, 2.05) is 20.6 Å². The average Bonchev–Trinajstić information content (AvgIpc) is 2.59. The second kappa shape index (κ2) is 18.4. The number of hydrogen-bond acceptors (Lipinski definition) is 3. The molecule has 2 fully saturated rings. The van der Waals surface area contributed by atoms with Gasteiger partial charge >= 0.3 is 0 Å². The Hall–Kier alpha value is -0.990. The average molecular weight is 340 g/mol. The van der Waals surface area contributed by atoms with Crippen LogP contribution in [0.3, 0.4) is 0 Å². The zero-order chi connectivity index (χ0) is 18.8. The lowest BCUT2D eigenvalue weighted by atomic mass is 9.82. The molecule has 2 aliphatic rings. The summed E-state index contributed by atoms with van der Waals surface area (Å²) in [5.74, 6) is 3.04. The van der Waals surface area contributed by atoms with E-state index in [2.05, 4.69) is 25.8 Å². The van der Waals surface area contributed by atoms with Gasteiger partial charge in [-0.25, -0.2) is 0 Å². The van der Waals surface area contributed by atoms with Gasteiger partial charge in [-0.1, -0.05) is 78.6 Å². The first kappa shape index (κ1) is 25.3. The van der Waals surface area contributed by atoms with Crippen LogP contribution in [0.25, 0.3) is 0 Å². The van der Waals surface area contributed by atoms with Crippen LogP contribution in [0.4, 0.5) is 0 Å². The number of hydrogen-bond donors (Lipinski definition) is 0. The Labute approximate surface area is 150 Å². The lowest BCUT2D eigenvalue weighted by Gasteiger charge is -2.24. The maximum absolute atomic E-state index is 9.60.